The molecule has 0 bridgehead atoms. The van der Waals surface area contributed by atoms with Gasteiger partial charge in [0.2, 0.25) is 0 Å². The number of aromatic nitrogens is 6. The molecule has 0 N–H and O–H groups in total. The van der Waals surface area contributed by atoms with Gasteiger partial charge in [-0.05, 0) is 153 Å². The van der Waals surface area contributed by atoms with Gasteiger partial charge >= 0.3 is 0 Å². The third kappa shape index (κ3) is 9.03. The van der Waals surface area contributed by atoms with Crippen molar-refractivity contribution in [3.8, 4) is 34.1 Å². The van der Waals surface area contributed by atoms with Crippen LogP contribution in [0.5, 0.6) is 0 Å². The lowest BCUT2D eigenvalue weighted by Gasteiger charge is -2.11. The third-order valence-electron chi connectivity index (χ3n) is 20.4. The highest BCUT2D eigenvalue weighted by Gasteiger charge is 2.25. The third-order valence-corrected chi connectivity index (χ3v) is 20.4. The lowest BCUT2D eigenvalue weighted by molar-refractivity contribution is 1.15. The van der Waals surface area contributed by atoms with Gasteiger partial charge in [0.1, 0.15) is 0 Å². The van der Waals surface area contributed by atoms with Crippen molar-refractivity contribution in [1.29, 1.82) is 0 Å². The van der Waals surface area contributed by atoms with Crippen molar-refractivity contribution in [3.63, 3.8) is 0 Å². The SMILES string of the molecule is Cc1ccc(-n2c3ccccc3c3c2ccc2c4ccccc4n(-c4ccccc4)c23)cc1.Cc1cccc(-n2c3ccccc3c3c2ccc2c4ccccc4n(-c4ccccc4)c23)c1.Cc1ccccc1-n1c2ccccc2c2c1ccc1c3ccccc3n(-c3ccccc3)c12. The van der Waals surface area contributed by atoms with Crippen LogP contribution in [-0.4, -0.2) is 27.4 Å². The van der Waals surface area contributed by atoms with Gasteiger partial charge in [-0.25, -0.2) is 0 Å². The smallest absolute Gasteiger partial charge is 0.0641 e. The summed E-state index contributed by atoms with van der Waals surface area (Å²) in [6.07, 6.45) is 0. The van der Waals surface area contributed by atoms with Crippen molar-refractivity contribution in [2.45, 2.75) is 20.8 Å². The first-order chi connectivity index (χ1) is 48.9. The summed E-state index contributed by atoms with van der Waals surface area (Å²) in [5, 5.41) is 15.4. The summed E-state index contributed by atoms with van der Waals surface area (Å²) < 4.78 is 14.5. The van der Waals surface area contributed by atoms with Gasteiger partial charge in [-0.2, -0.15) is 0 Å². The van der Waals surface area contributed by atoms with Crippen molar-refractivity contribution < 1.29 is 0 Å². The van der Waals surface area contributed by atoms with E-state index >= 15 is 0 Å². The quantitative estimate of drug-likeness (QED) is 0.159. The molecule has 0 saturated heterocycles. The molecule has 21 rings (SSSR count). The minimum Gasteiger partial charge on any atom is -0.309 e. The predicted octanol–water partition coefficient (Wildman–Crippen LogP) is 24.6. The van der Waals surface area contributed by atoms with E-state index in [1.807, 2.05) is 0 Å². The van der Waals surface area contributed by atoms with Crippen LogP contribution in [0.2, 0.25) is 0 Å². The normalized spacial score (nSPS) is 11.8. The lowest BCUT2D eigenvalue weighted by Crippen LogP contribution is -1.97. The van der Waals surface area contributed by atoms with Crippen LogP contribution in [0.1, 0.15) is 16.7 Å². The average molecular weight is 1270 g/mol. The maximum Gasteiger partial charge on any atom is 0.0641 e. The Labute approximate surface area is 572 Å². The molecule has 0 radical (unpaired) electrons. The zero-order chi connectivity index (χ0) is 65.8. The Kier molecular flexibility index (Phi) is 13.5. The largest absolute Gasteiger partial charge is 0.309 e. The molecule has 99 heavy (non-hydrogen) atoms. The van der Waals surface area contributed by atoms with E-state index in [1.54, 1.807) is 0 Å². The van der Waals surface area contributed by atoms with Gasteiger partial charge in [-0.15, -0.1) is 0 Å². The molecule has 0 aliphatic heterocycles. The van der Waals surface area contributed by atoms with E-state index in [-0.39, 0.29) is 0 Å². The van der Waals surface area contributed by atoms with Gasteiger partial charge in [0.05, 0.1) is 66.2 Å². The van der Waals surface area contributed by atoms with Crippen LogP contribution in [0.25, 0.3) is 165 Å². The molecule has 0 spiro atoms. The van der Waals surface area contributed by atoms with E-state index in [2.05, 4.69) is 394 Å². The van der Waals surface area contributed by atoms with Crippen LogP contribution in [0.15, 0.2) is 346 Å². The number of fused-ring (bicyclic) bond motifs is 21. The molecule has 21 aromatic rings. The summed E-state index contributed by atoms with van der Waals surface area (Å²) >= 11 is 0. The molecule has 0 atom stereocenters. The Morgan fingerprint density at radius 3 is 0.869 bits per heavy atom. The van der Waals surface area contributed by atoms with E-state index in [4.69, 9.17) is 0 Å². The van der Waals surface area contributed by atoms with Crippen molar-refractivity contribution in [2.75, 3.05) is 0 Å². The first kappa shape index (κ1) is 57.5. The first-order valence-electron chi connectivity index (χ1n) is 34.2. The zero-order valence-electron chi connectivity index (χ0n) is 55.1. The molecule has 0 unspecified atom stereocenters. The Bertz CT molecular complexity index is 6730. The number of benzene rings is 15. The molecule has 468 valence electrons. The topological polar surface area (TPSA) is 29.6 Å². The van der Waals surface area contributed by atoms with Gasteiger partial charge in [0.25, 0.3) is 0 Å². The number of aryl methyl sites for hydroxylation is 3. The van der Waals surface area contributed by atoms with Gasteiger partial charge in [0.15, 0.2) is 0 Å². The lowest BCUT2D eigenvalue weighted by atomic mass is 10.1. The molecule has 0 amide bonds. The van der Waals surface area contributed by atoms with Gasteiger partial charge in [0, 0.05) is 98.8 Å². The number of nitrogens with zero attached hydrogens (tertiary/aromatic N) is 6. The molecular weight excluding hydrogens is 1200 g/mol. The Hall–Kier alpha value is -12.9. The highest BCUT2D eigenvalue weighted by Crippen LogP contribution is 2.46. The van der Waals surface area contributed by atoms with Crippen molar-refractivity contribution in [1.82, 2.24) is 27.4 Å². The van der Waals surface area contributed by atoms with E-state index in [1.165, 1.54) is 182 Å². The number of hydrogen-bond donors (Lipinski definition) is 0. The molecule has 6 heteroatoms. The summed E-state index contributed by atoms with van der Waals surface area (Å²) in [7, 11) is 0. The van der Waals surface area contributed by atoms with Crippen molar-refractivity contribution in [3.05, 3.63) is 362 Å². The molecular formula is C93H66N6. The van der Waals surface area contributed by atoms with Crippen LogP contribution in [0.4, 0.5) is 0 Å². The summed E-state index contributed by atoms with van der Waals surface area (Å²) in [5.41, 5.74) is 25.9. The highest BCUT2D eigenvalue weighted by atomic mass is 15.0. The fourth-order valence-corrected chi connectivity index (χ4v) is 16.2. The second-order valence-corrected chi connectivity index (χ2v) is 26.2. The predicted molar refractivity (Wildman–Crippen MR) is 420 cm³/mol. The monoisotopic (exact) mass is 1270 g/mol. The average Bonchev–Trinajstić information content (AvgIpc) is 1.56. The second kappa shape index (κ2) is 23.2. The minimum absolute atomic E-state index is 1.18. The van der Waals surface area contributed by atoms with E-state index in [9.17, 15) is 0 Å². The molecule has 0 aliphatic rings. The Balaban J connectivity index is 0.000000104. The van der Waals surface area contributed by atoms with Crippen LogP contribution >= 0.6 is 0 Å². The molecule has 0 saturated carbocycles. The molecule has 15 aromatic carbocycles. The van der Waals surface area contributed by atoms with E-state index < -0.39 is 0 Å². The van der Waals surface area contributed by atoms with Gasteiger partial charge < -0.3 is 27.4 Å². The molecule has 6 heterocycles. The maximum absolute atomic E-state index is 2.43. The second-order valence-electron chi connectivity index (χ2n) is 26.2. The van der Waals surface area contributed by atoms with E-state index in [0.717, 1.165) is 0 Å². The van der Waals surface area contributed by atoms with Crippen molar-refractivity contribution in [2.24, 2.45) is 0 Å². The fourth-order valence-electron chi connectivity index (χ4n) is 16.2. The van der Waals surface area contributed by atoms with E-state index in [0.29, 0.717) is 0 Å². The summed E-state index contributed by atoms with van der Waals surface area (Å²) in [4.78, 5) is 0. The Morgan fingerprint density at radius 1 is 0.172 bits per heavy atom. The minimum atomic E-state index is 1.18. The molecule has 6 aromatic heterocycles. The van der Waals surface area contributed by atoms with Gasteiger partial charge in [-0.1, -0.05) is 230 Å². The standard InChI is InChI=1S/3C31H22N2/c1-21-11-5-8-16-26(21)33-28-18-10-7-15-25(28)30-29(33)20-19-24-23-14-6-9-17-27(23)32(31(24)30)22-12-3-2-4-13-22;1-21-10-9-13-23(20-21)32-28-17-8-6-15-26(28)30-29(32)19-18-25-24-14-5-7-16-27(24)33(31(25)30)22-11-3-2-4-12-22;1-21-15-17-23(18-16-21)32-28-14-8-6-12-26(28)30-29(32)20-19-25-24-11-5-7-13-27(24)33(31(25)30)22-9-3-2-4-10-22/h3*2-20H,1H3. The first-order valence-corrected chi connectivity index (χ1v) is 34.2. The highest BCUT2D eigenvalue weighted by molar-refractivity contribution is 6.29. The maximum atomic E-state index is 2.43. The molecule has 6 nitrogen and oxygen atoms in total. The van der Waals surface area contributed by atoms with Gasteiger partial charge in [-0.3, -0.25) is 0 Å². The Morgan fingerprint density at radius 2 is 0.475 bits per heavy atom. The number of rotatable bonds is 6. The molecule has 0 aliphatic carbocycles. The van der Waals surface area contributed by atoms with Crippen LogP contribution in [-0.2, 0) is 0 Å². The van der Waals surface area contributed by atoms with Crippen LogP contribution in [0.3, 0.4) is 0 Å². The molecule has 0 fully saturated rings. The summed E-state index contributed by atoms with van der Waals surface area (Å²) in [6, 6.07) is 125. The number of hydrogen-bond acceptors (Lipinski definition) is 0. The number of para-hydroxylation sites is 10. The van der Waals surface area contributed by atoms with Crippen molar-refractivity contribution >= 4 is 131 Å². The zero-order valence-corrected chi connectivity index (χ0v) is 55.1. The summed E-state index contributed by atoms with van der Waals surface area (Å²) in [5.74, 6) is 0. The van der Waals surface area contributed by atoms with Crippen LogP contribution < -0.4 is 0 Å². The summed E-state index contributed by atoms with van der Waals surface area (Å²) in [6.45, 7) is 6.48. The van der Waals surface area contributed by atoms with Crippen LogP contribution in [0, 0.1) is 20.8 Å². The fraction of sp³-hybridized carbons (Fsp3) is 0.0323.